The molecule has 2 aliphatic carbocycles. The molecule has 5 heteroatoms. The van der Waals surface area contributed by atoms with E-state index in [0.29, 0.717) is 23.4 Å². The Kier molecular flexibility index (Phi) is 7.82. The van der Waals surface area contributed by atoms with E-state index in [2.05, 4.69) is 115 Å². The Balaban J connectivity index is 1.10. The second-order valence-electron chi connectivity index (χ2n) is 14.8. The maximum absolute atomic E-state index is 12.6. The lowest BCUT2D eigenvalue weighted by molar-refractivity contribution is 0.320. The molecule has 0 saturated heterocycles. The van der Waals surface area contributed by atoms with Gasteiger partial charge in [0.1, 0.15) is 7.14 Å². The molecular formula is C46H40N3OP. The van der Waals surface area contributed by atoms with Crippen molar-refractivity contribution >= 4 is 23.2 Å². The fourth-order valence-corrected chi connectivity index (χ4v) is 9.72. The summed E-state index contributed by atoms with van der Waals surface area (Å²) in [7, 11) is -2.28. The lowest BCUT2D eigenvalue weighted by Crippen LogP contribution is -2.34. The summed E-state index contributed by atoms with van der Waals surface area (Å²) >= 11 is 0. The van der Waals surface area contributed by atoms with E-state index in [-0.39, 0.29) is 5.41 Å². The van der Waals surface area contributed by atoms with Gasteiger partial charge in [-0.05, 0) is 77.5 Å². The third-order valence-electron chi connectivity index (χ3n) is 11.4. The fourth-order valence-electron chi connectivity index (χ4n) is 8.86. The van der Waals surface area contributed by atoms with Crippen molar-refractivity contribution in [3.05, 3.63) is 157 Å². The Morgan fingerprint density at radius 2 is 1.10 bits per heavy atom. The van der Waals surface area contributed by atoms with Gasteiger partial charge in [-0.1, -0.05) is 152 Å². The van der Waals surface area contributed by atoms with Crippen molar-refractivity contribution < 1.29 is 4.57 Å². The van der Waals surface area contributed by atoms with Gasteiger partial charge in [0, 0.05) is 27.4 Å². The summed E-state index contributed by atoms with van der Waals surface area (Å²) in [6.07, 6.45) is 5.08. The molecule has 1 aromatic heterocycles. The van der Waals surface area contributed by atoms with E-state index < -0.39 is 7.14 Å². The average Bonchev–Trinajstić information content (AvgIpc) is 3.81. The van der Waals surface area contributed by atoms with Gasteiger partial charge in [0.15, 0.2) is 17.5 Å². The SMILES string of the molecule is CP(C)(=O)c1ccc(-c2ccc(C3(c4ccc(-c5nc(-c6ccccc6)nc(-c6cccc7ccccc67)n5)cc4)CC4CCC3C4)cc2)cc1. The summed E-state index contributed by atoms with van der Waals surface area (Å²) in [5.41, 5.74) is 8.07. The minimum absolute atomic E-state index is 0.0106. The van der Waals surface area contributed by atoms with Gasteiger partial charge in [0.25, 0.3) is 0 Å². The van der Waals surface area contributed by atoms with Crippen LogP contribution in [0, 0.1) is 11.8 Å². The van der Waals surface area contributed by atoms with Gasteiger partial charge < -0.3 is 4.57 Å². The molecule has 7 aromatic rings. The van der Waals surface area contributed by atoms with Crippen molar-refractivity contribution in [2.45, 2.75) is 31.1 Å². The van der Waals surface area contributed by atoms with E-state index in [4.69, 9.17) is 15.0 Å². The van der Waals surface area contributed by atoms with Gasteiger partial charge in [-0.25, -0.2) is 15.0 Å². The molecular weight excluding hydrogens is 642 g/mol. The van der Waals surface area contributed by atoms with Crippen molar-refractivity contribution in [2.75, 3.05) is 13.3 Å². The lowest BCUT2D eigenvalue weighted by atomic mass is 9.64. The first kappa shape index (κ1) is 31.8. The molecule has 3 unspecified atom stereocenters. The van der Waals surface area contributed by atoms with Gasteiger partial charge >= 0.3 is 0 Å². The quantitative estimate of drug-likeness (QED) is 0.157. The van der Waals surface area contributed by atoms with Crippen LogP contribution in [0.25, 0.3) is 56.1 Å². The van der Waals surface area contributed by atoms with Crippen molar-refractivity contribution in [3.8, 4) is 45.3 Å². The van der Waals surface area contributed by atoms with Crippen molar-refractivity contribution in [1.82, 2.24) is 15.0 Å². The molecule has 250 valence electrons. The zero-order chi connectivity index (χ0) is 34.6. The van der Waals surface area contributed by atoms with Crippen LogP contribution in [0.4, 0.5) is 0 Å². The predicted octanol–water partition coefficient (Wildman–Crippen LogP) is 11.0. The van der Waals surface area contributed by atoms with E-state index in [1.165, 1.54) is 42.4 Å². The molecule has 0 spiro atoms. The average molecular weight is 682 g/mol. The molecule has 2 fully saturated rings. The van der Waals surface area contributed by atoms with Gasteiger partial charge in [-0.2, -0.15) is 0 Å². The van der Waals surface area contributed by atoms with Gasteiger partial charge in [0.2, 0.25) is 0 Å². The summed E-state index contributed by atoms with van der Waals surface area (Å²) in [5, 5.41) is 3.21. The lowest BCUT2D eigenvalue weighted by Gasteiger charge is -2.39. The van der Waals surface area contributed by atoms with Gasteiger partial charge in [-0.3, -0.25) is 0 Å². The number of hydrogen-bond donors (Lipinski definition) is 0. The number of hydrogen-bond acceptors (Lipinski definition) is 4. The maximum atomic E-state index is 12.6. The predicted molar refractivity (Wildman–Crippen MR) is 211 cm³/mol. The summed E-state index contributed by atoms with van der Waals surface area (Å²) in [5.74, 6) is 3.42. The number of fused-ring (bicyclic) bond motifs is 3. The summed E-state index contributed by atoms with van der Waals surface area (Å²) < 4.78 is 12.6. The number of aromatic nitrogens is 3. The van der Waals surface area contributed by atoms with E-state index >= 15 is 0 Å². The normalized spacial score (nSPS) is 19.8. The highest BCUT2D eigenvalue weighted by atomic mass is 31.2. The molecule has 0 amide bonds. The Hall–Kier alpha value is -5.18. The van der Waals surface area contributed by atoms with E-state index in [1.54, 1.807) is 0 Å². The van der Waals surface area contributed by atoms with Gasteiger partial charge in [-0.15, -0.1) is 0 Å². The fraction of sp³-hybridized carbons (Fsp3) is 0.196. The molecule has 4 nitrogen and oxygen atoms in total. The highest BCUT2D eigenvalue weighted by Crippen LogP contribution is 2.60. The molecule has 3 atom stereocenters. The monoisotopic (exact) mass is 681 g/mol. The minimum Gasteiger partial charge on any atom is -0.319 e. The topological polar surface area (TPSA) is 55.7 Å². The summed E-state index contributed by atoms with van der Waals surface area (Å²) in [4.78, 5) is 15.2. The Labute approximate surface area is 300 Å². The van der Waals surface area contributed by atoms with Crippen LogP contribution in [0.15, 0.2) is 146 Å². The van der Waals surface area contributed by atoms with Crippen LogP contribution in [0.5, 0.6) is 0 Å². The molecule has 0 radical (unpaired) electrons. The molecule has 2 bridgehead atoms. The van der Waals surface area contributed by atoms with E-state index in [9.17, 15) is 4.57 Å². The maximum Gasteiger partial charge on any atom is 0.164 e. The van der Waals surface area contributed by atoms with E-state index in [1.807, 2.05) is 43.7 Å². The second-order valence-corrected chi connectivity index (χ2v) is 18.0. The molecule has 1 heterocycles. The summed E-state index contributed by atoms with van der Waals surface area (Å²) in [6.45, 7) is 3.65. The van der Waals surface area contributed by atoms with Crippen molar-refractivity contribution in [1.29, 1.82) is 0 Å². The van der Waals surface area contributed by atoms with Crippen LogP contribution in [-0.2, 0) is 9.98 Å². The van der Waals surface area contributed by atoms with Crippen molar-refractivity contribution in [3.63, 3.8) is 0 Å². The van der Waals surface area contributed by atoms with Crippen LogP contribution in [0.2, 0.25) is 0 Å². The van der Waals surface area contributed by atoms with Crippen LogP contribution in [0.1, 0.15) is 36.8 Å². The molecule has 51 heavy (non-hydrogen) atoms. The first-order chi connectivity index (χ1) is 24.8. The van der Waals surface area contributed by atoms with Crippen LogP contribution < -0.4 is 5.30 Å². The van der Waals surface area contributed by atoms with Gasteiger partial charge in [0.05, 0.1) is 0 Å². The Bertz CT molecular complexity index is 2410. The third-order valence-corrected chi connectivity index (χ3v) is 13.0. The second kappa shape index (κ2) is 12.5. The molecule has 2 saturated carbocycles. The largest absolute Gasteiger partial charge is 0.319 e. The molecule has 0 N–H and O–H groups in total. The number of nitrogens with zero attached hydrogens (tertiary/aromatic N) is 3. The molecule has 6 aromatic carbocycles. The first-order valence-corrected chi connectivity index (χ1v) is 20.6. The molecule has 0 aliphatic heterocycles. The van der Waals surface area contributed by atoms with E-state index in [0.717, 1.165) is 44.2 Å². The highest BCUT2D eigenvalue weighted by Gasteiger charge is 2.52. The molecule has 9 rings (SSSR count). The first-order valence-electron chi connectivity index (χ1n) is 18.0. The smallest absolute Gasteiger partial charge is 0.164 e. The van der Waals surface area contributed by atoms with Crippen LogP contribution >= 0.6 is 7.14 Å². The Morgan fingerprint density at radius 3 is 1.71 bits per heavy atom. The standard InChI is InChI=1S/C46H40N3OP/c1-51(2,50)40-27-20-33(21-28-40)32-16-23-37(24-17-32)46(30-31-15-22-39(46)29-31)38-25-18-36(19-26-38)44-47-43(35-10-4-3-5-11-35)48-45(49-44)42-14-8-12-34-9-6-7-13-41(34)42/h3-14,16-21,23-28,31,39H,15,22,29-30H2,1-2H3. The third kappa shape index (κ3) is 5.72. The Morgan fingerprint density at radius 1 is 0.549 bits per heavy atom. The number of rotatable bonds is 7. The zero-order valence-corrected chi connectivity index (χ0v) is 29.9. The zero-order valence-electron chi connectivity index (χ0n) is 29.0. The minimum atomic E-state index is -2.28. The van der Waals surface area contributed by atoms with Crippen molar-refractivity contribution in [2.24, 2.45) is 11.8 Å². The molecule has 2 aliphatic rings. The highest BCUT2D eigenvalue weighted by molar-refractivity contribution is 7.70. The van der Waals surface area contributed by atoms with Crippen LogP contribution in [0.3, 0.4) is 0 Å². The van der Waals surface area contributed by atoms with Crippen LogP contribution in [-0.4, -0.2) is 28.3 Å². The summed E-state index contributed by atoms with van der Waals surface area (Å²) in [6, 6.07) is 51.5. The number of benzene rings is 6.